The maximum absolute atomic E-state index is 5.58. The standard InChI is InChI=1S/C25H21N5O3S/c1-31-20-7-3-17(4-8-20)23-15-22(33-29-23)16-34-25-28-27-24(18-11-13-26-14-12-18)30(25)19-5-9-21(32-2)10-6-19/h3-15H,16H2,1-2H3. The summed E-state index contributed by atoms with van der Waals surface area (Å²) in [6.45, 7) is 0. The van der Waals surface area contributed by atoms with Gasteiger partial charge in [-0.2, -0.15) is 0 Å². The van der Waals surface area contributed by atoms with E-state index in [1.165, 1.54) is 11.8 Å². The third-order valence-corrected chi connectivity index (χ3v) is 6.14. The minimum atomic E-state index is 0.549. The summed E-state index contributed by atoms with van der Waals surface area (Å²) >= 11 is 1.52. The first-order chi connectivity index (χ1) is 16.7. The summed E-state index contributed by atoms with van der Waals surface area (Å²) in [4.78, 5) is 4.11. The zero-order valence-electron chi connectivity index (χ0n) is 18.6. The van der Waals surface area contributed by atoms with E-state index in [2.05, 4.69) is 20.3 Å². The molecule has 0 aliphatic rings. The fourth-order valence-electron chi connectivity index (χ4n) is 3.43. The normalized spacial score (nSPS) is 10.9. The lowest BCUT2D eigenvalue weighted by Gasteiger charge is -2.10. The van der Waals surface area contributed by atoms with Crippen LogP contribution in [0.15, 0.2) is 88.8 Å². The minimum Gasteiger partial charge on any atom is -0.497 e. The van der Waals surface area contributed by atoms with Gasteiger partial charge in [0, 0.05) is 35.3 Å². The van der Waals surface area contributed by atoms with Crippen LogP contribution in [0.25, 0.3) is 28.3 Å². The zero-order valence-corrected chi connectivity index (χ0v) is 19.4. The van der Waals surface area contributed by atoms with Crippen LogP contribution in [0, 0.1) is 0 Å². The molecule has 0 N–H and O–H groups in total. The Kier molecular flexibility index (Phi) is 6.26. The molecule has 2 aromatic carbocycles. The van der Waals surface area contributed by atoms with Gasteiger partial charge in [-0.15, -0.1) is 10.2 Å². The summed E-state index contributed by atoms with van der Waals surface area (Å²) in [7, 11) is 3.29. The molecule has 0 radical (unpaired) electrons. The van der Waals surface area contributed by atoms with E-state index in [-0.39, 0.29) is 0 Å². The lowest BCUT2D eigenvalue weighted by molar-refractivity contribution is 0.397. The van der Waals surface area contributed by atoms with Gasteiger partial charge in [0.15, 0.2) is 11.0 Å². The van der Waals surface area contributed by atoms with Gasteiger partial charge < -0.3 is 14.0 Å². The molecule has 0 amide bonds. The summed E-state index contributed by atoms with van der Waals surface area (Å²) in [5.74, 6) is 3.60. The highest BCUT2D eigenvalue weighted by atomic mass is 32.2. The molecular weight excluding hydrogens is 450 g/mol. The predicted octanol–water partition coefficient (Wildman–Crippen LogP) is 5.29. The Labute approximate surface area is 200 Å². The minimum absolute atomic E-state index is 0.549. The molecule has 0 saturated heterocycles. The summed E-state index contributed by atoms with van der Waals surface area (Å²) in [6, 6.07) is 21.3. The van der Waals surface area contributed by atoms with E-state index in [0.717, 1.165) is 50.7 Å². The number of methoxy groups -OCH3 is 2. The Morgan fingerprint density at radius 3 is 2.18 bits per heavy atom. The molecule has 34 heavy (non-hydrogen) atoms. The van der Waals surface area contributed by atoms with Gasteiger partial charge in [-0.25, -0.2) is 0 Å². The van der Waals surface area contributed by atoms with E-state index in [9.17, 15) is 0 Å². The Bertz CT molecular complexity index is 1370. The molecule has 0 saturated carbocycles. The smallest absolute Gasteiger partial charge is 0.196 e. The third-order valence-electron chi connectivity index (χ3n) is 5.19. The molecule has 0 spiro atoms. The molecule has 0 aliphatic carbocycles. The summed E-state index contributed by atoms with van der Waals surface area (Å²) in [6.07, 6.45) is 3.48. The molecule has 0 unspecified atom stereocenters. The van der Waals surface area contributed by atoms with Crippen LogP contribution in [0.3, 0.4) is 0 Å². The number of pyridine rings is 1. The maximum atomic E-state index is 5.58. The van der Waals surface area contributed by atoms with Gasteiger partial charge in [0.25, 0.3) is 0 Å². The predicted molar refractivity (Wildman–Crippen MR) is 129 cm³/mol. The van der Waals surface area contributed by atoms with Gasteiger partial charge >= 0.3 is 0 Å². The monoisotopic (exact) mass is 471 g/mol. The van der Waals surface area contributed by atoms with Crippen molar-refractivity contribution in [2.24, 2.45) is 0 Å². The van der Waals surface area contributed by atoms with Crippen molar-refractivity contribution in [3.8, 4) is 39.8 Å². The fraction of sp³-hybridized carbons (Fsp3) is 0.120. The number of aromatic nitrogens is 5. The number of rotatable bonds is 8. The molecule has 3 heterocycles. The van der Waals surface area contributed by atoms with Crippen LogP contribution in [0.5, 0.6) is 11.5 Å². The van der Waals surface area contributed by atoms with E-state index in [1.54, 1.807) is 26.6 Å². The summed E-state index contributed by atoms with van der Waals surface area (Å²) in [5.41, 5.74) is 3.58. The molecule has 170 valence electrons. The number of nitrogens with zero attached hydrogens (tertiary/aromatic N) is 5. The summed E-state index contributed by atoms with van der Waals surface area (Å²) in [5, 5.41) is 13.9. The lowest BCUT2D eigenvalue weighted by atomic mass is 10.1. The number of hydrogen-bond donors (Lipinski definition) is 0. The molecule has 0 atom stereocenters. The quantitative estimate of drug-likeness (QED) is 0.282. The molecule has 5 aromatic rings. The van der Waals surface area contributed by atoms with Crippen LogP contribution >= 0.6 is 11.8 Å². The molecule has 0 fully saturated rings. The molecule has 5 rings (SSSR count). The molecular formula is C25H21N5O3S. The van der Waals surface area contributed by atoms with E-state index < -0.39 is 0 Å². The Hall–Kier alpha value is -4.11. The van der Waals surface area contributed by atoms with Gasteiger partial charge in [0.2, 0.25) is 0 Å². The second-order valence-electron chi connectivity index (χ2n) is 7.27. The van der Waals surface area contributed by atoms with Gasteiger partial charge in [0.05, 0.1) is 20.0 Å². The molecule has 9 heteroatoms. The number of benzene rings is 2. The first-order valence-electron chi connectivity index (χ1n) is 10.5. The third kappa shape index (κ3) is 4.51. The first kappa shape index (κ1) is 21.7. The Morgan fingerprint density at radius 1 is 0.824 bits per heavy atom. The highest BCUT2D eigenvalue weighted by Crippen LogP contribution is 2.31. The van der Waals surface area contributed by atoms with Gasteiger partial charge in [-0.05, 0) is 60.7 Å². The fourth-order valence-corrected chi connectivity index (χ4v) is 4.26. The van der Waals surface area contributed by atoms with Gasteiger partial charge in [-0.3, -0.25) is 9.55 Å². The van der Waals surface area contributed by atoms with Crippen molar-refractivity contribution in [3.05, 3.63) is 84.9 Å². The number of ether oxygens (including phenoxy) is 2. The lowest BCUT2D eigenvalue weighted by Crippen LogP contribution is -2.00. The largest absolute Gasteiger partial charge is 0.497 e. The second-order valence-corrected chi connectivity index (χ2v) is 8.21. The maximum Gasteiger partial charge on any atom is 0.196 e. The molecule has 0 bridgehead atoms. The van der Waals surface area contributed by atoms with E-state index in [4.69, 9.17) is 14.0 Å². The van der Waals surface area contributed by atoms with Crippen LogP contribution in [0.2, 0.25) is 0 Å². The average Bonchev–Trinajstić information content (AvgIpc) is 3.55. The second kappa shape index (κ2) is 9.80. The van der Waals surface area contributed by atoms with Crippen molar-refractivity contribution in [2.45, 2.75) is 10.9 Å². The van der Waals surface area contributed by atoms with Crippen molar-refractivity contribution in [1.82, 2.24) is 24.9 Å². The average molecular weight is 472 g/mol. The molecule has 3 aromatic heterocycles. The van der Waals surface area contributed by atoms with E-state index in [0.29, 0.717) is 5.75 Å². The highest BCUT2D eigenvalue weighted by Gasteiger charge is 2.17. The van der Waals surface area contributed by atoms with Crippen LogP contribution < -0.4 is 9.47 Å². The van der Waals surface area contributed by atoms with Crippen LogP contribution in [-0.4, -0.2) is 39.1 Å². The van der Waals surface area contributed by atoms with Crippen molar-refractivity contribution in [3.63, 3.8) is 0 Å². The van der Waals surface area contributed by atoms with Gasteiger partial charge in [-0.1, -0.05) is 16.9 Å². The number of hydrogen-bond acceptors (Lipinski definition) is 8. The van der Waals surface area contributed by atoms with Crippen LogP contribution in [0.4, 0.5) is 0 Å². The van der Waals surface area contributed by atoms with Crippen LogP contribution in [-0.2, 0) is 5.75 Å². The van der Waals surface area contributed by atoms with Crippen molar-refractivity contribution in [1.29, 1.82) is 0 Å². The van der Waals surface area contributed by atoms with Crippen molar-refractivity contribution in [2.75, 3.05) is 14.2 Å². The number of thioether (sulfide) groups is 1. The van der Waals surface area contributed by atoms with Crippen LogP contribution in [0.1, 0.15) is 5.76 Å². The van der Waals surface area contributed by atoms with E-state index in [1.807, 2.05) is 71.3 Å². The molecule has 0 aliphatic heterocycles. The first-order valence-corrected chi connectivity index (χ1v) is 11.5. The molecule has 8 nitrogen and oxygen atoms in total. The topological polar surface area (TPSA) is 88.1 Å². The zero-order chi connectivity index (χ0) is 23.3. The highest BCUT2D eigenvalue weighted by molar-refractivity contribution is 7.98. The van der Waals surface area contributed by atoms with E-state index >= 15 is 0 Å². The van der Waals surface area contributed by atoms with Gasteiger partial charge in [0.1, 0.15) is 23.0 Å². The Balaban J connectivity index is 1.41. The van der Waals surface area contributed by atoms with Crippen molar-refractivity contribution < 1.29 is 14.0 Å². The SMILES string of the molecule is COc1ccc(-c2cc(CSc3nnc(-c4ccncc4)n3-c3ccc(OC)cc3)on2)cc1. The Morgan fingerprint density at radius 2 is 1.50 bits per heavy atom. The van der Waals surface area contributed by atoms with Crippen molar-refractivity contribution >= 4 is 11.8 Å². The summed E-state index contributed by atoms with van der Waals surface area (Å²) < 4.78 is 18.1.